The van der Waals surface area contributed by atoms with Gasteiger partial charge < -0.3 is 9.80 Å². The Balaban J connectivity index is 1.70. The fraction of sp³-hybridized carbons (Fsp3) is 0.500. The van der Waals surface area contributed by atoms with Crippen molar-refractivity contribution >= 4 is 23.2 Å². The van der Waals surface area contributed by atoms with E-state index < -0.39 is 0 Å². The molecule has 1 aliphatic heterocycles. The van der Waals surface area contributed by atoms with Crippen LogP contribution in [0.15, 0.2) is 48.4 Å². The normalized spacial score (nSPS) is 15.2. The highest BCUT2D eigenvalue weighted by Gasteiger charge is 2.34. The van der Waals surface area contributed by atoms with Gasteiger partial charge in [-0.05, 0) is 47.9 Å². The third-order valence-electron chi connectivity index (χ3n) is 6.54. The molecule has 2 amide bonds. The van der Waals surface area contributed by atoms with E-state index in [9.17, 15) is 9.59 Å². The van der Waals surface area contributed by atoms with Gasteiger partial charge in [-0.15, -0.1) is 17.9 Å². The summed E-state index contributed by atoms with van der Waals surface area (Å²) in [5.41, 5.74) is 3.57. The van der Waals surface area contributed by atoms with Gasteiger partial charge in [-0.3, -0.25) is 9.59 Å². The van der Waals surface area contributed by atoms with Crippen molar-refractivity contribution in [2.45, 2.75) is 71.3 Å². The molecule has 0 saturated carbocycles. The van der Waals surface area contributed by atoms with Crippen LogP contribution in [0.4, 0.5) is 0 Å². The minimum Gasteiger partial charge on any atom is -0.330 e. The van der Waals surface area contributed by atoms with Crippen LogP contribution in [0.5, 0.6) is 0 Å². The van der Waals surface area contributed by atoms with Crippen LogP contribution in [-0.4, -0.2) is 41.2 Å². The average molecular weight is 467 g/mol. The Kier molecular flexibility index (Phi) is 9.74. The van der Waals surface area contributed by atoms with Crippen LogP contribution in [0, 0.1) is 6.92 Å². The zero-order valence-corrected chi connectivity index (χ0v) is 21.0. The molecule has 0 radical (unpaired) electrons. The van der Waals surface area contributed by atoms with E-state index in [-0.39, 0.29) is 24.4 Å². The van der Waals surface area contributed by atoms with Crippen LogP contribution in [-0.2, 0) is 16.0 Å². The lowest BCUT2D eigenvalue weighted by molar-refractivity contribution is -0.141. The van der Waals surface area contributed by atoms with Crippen molar-refractivity contribution in [1.29, 1.82) is 0 Å². The second-order valence-corrected chi connectivity index (χ2v) is 9.98. The highest BCUT2D eigenvalue weighted by Crippen LogP contribution is 2.39. The van der Waals surface area contributed by atoms with Gasteiger partial charge in [0.1, 0.15) is 6.54 Å². The maximum absolute atomic E-state index is 13.6. The summed E-state index contributed by atoms with van der Waals surface area (Å²) in [6.45, 7) is 9.33. The standard InChI is InChI=1S/C28H38N2O2S/c1-4-6-7-8-9-10-15-26(31)29(18-5-2)21-27(32)30-19-16-25-24(17-20-33-25)28(30)23-14-12-11-13-22(23)3/h5,11-14,17,20,28H,2,4,6-10,15-16,18-19,21H2,1,3H3. The summed E-state index contributed by atoms with van der Waals surface area (Å²) in [6.07, 6.45) is 9.95. The van der Waals surface area contributed by atoms with Crippen LogP contribution in [0.25, 0.3) is 0 Å². The Morgan fingerprint density at radius 3 is 2.64 bits per heavy atom. The van der Waals surface area contributed by atoms with E-state index in [0.717, 1.165) is 19.3 Å². The fourth-order valence-corrected chi connectivity index (χ4v) is 5.60. The van der Waals surface area contributed by atoms with E-state index in [0.29, 0.717) is 19.5 Å². The van der Waals surface area contributed by atoms with Crippen molar-refractivity contribution in [3.63, 3.8) is 0 Å². The number of aryl methyl sites for hydroxylation is 1. The molecule has 1 unspecified atom stereocenters. The van der Waals surface area contributed by atoms with Crippen molar-refractivity contribution in [2.75, 3.05) is 19.6 Å². The zero-order chi connectivity index (χ0) is 23.6. The number of rotatable bonds is 12. The first kappa shape index (κ1) is 25.2. The van der Waals surface area contributed by atoms with Crippen LogP contribution in [0.3, 0.4) is 0 Å². The molecule has 1 aliphatic rings. The molecule has 1 aromatic heterocycles. The number of carbonyl (C=O) groups is 2. The Morgan fingerprint density at radius 2 is 1.88 bits per heavy atom. The summed E-state index contributed by atoms with van der Waals surface area (Å²) in [5.74, 6) is 0.0673. The van der Waals surface area contributed by atoms with E-state index in [1.807, 2.05) is 17.0 Å². The Hall–Kier alpha value is -2.40. The quantitative estimate of drug-likeness (QED) is 0.272. The molecule has 2 aromatic rings. The number of nitrogens with zero attached hydrogens (tertiary/aromatic N) is 2. The maximum Gasteiger partial charge on any atom is 0.243 e. The third kappa shape index (κ3) is 6.57. The van der Waals surface area contributed by atoms with Gasteiger partial charge in [0.15, 0.2) is 0 Å². The van der Waals surface area contributed by atoms with Crippen LogP contribution in [0.2, 0.25) is 0 Å². The molecule has 0 N–H and O–H groups in total. The summed E-state index contributed by atoms with van der Waals surface area (Å²) < 4.78 is 0. The first-order valence-corrected chi connectivity index (χ1v) is 13.2. The Labute approximate surface area is 203 Å². The number of hydrogen-bond acceptors (Lipinski definition) is 3. The van der Waals surface area contributed by atoms with Gasteiger partial charge >= 0.3 is 0 Å². The molecule has 178 valence electrons. The van der Waals surface area contributed by atoms with Crippen molar-refractivity contribution in [3.8, 4) is 0 Å². The molecular formula is C28H38N2O2S. The maximum atomic E-state index is 13.6. The van der Waals surface area contributed by atoms with E-state index in [2.05, 4.69) is 44.0 Å². The topological polar surface area (TPSA) is 40.6 Å². The van der Waals surface area contributed by atoms with Gasteiger partial charge in [-0.2, -0.15) is 0 Å². The largest absolute Gasteiger partial charge is 0.330 e. The highest BCUT2D eigenvalue weighted by molar-refractivity contribution is 7.10. The molecule has 0 fully saturated rings. The summed E-state index contributed by atoms with van der Waals surface area (Å²) in [6, 6.07) is 10.4. The Morgan fingerprint density at radius 1 is 1.12 bits per heavy atom. The minimum atomic E-state index is -0.0899. The van der Waals surface area contributed by atoms with Crippen LogP contribution < -0.4 is 0 Å². The second kappa shape index (κ2) is 12.7. The summed E-state index contributed by atoms with van der Waals surface area (Å²) in [4.78, 5) is 31.5. The first-order chi connectivity index (χ1) is 16.1. The number of fused-ring (bicyclic) bond motifs is 1. The number of unbranched alkanes of at least 4 members (excludes halogenated alkanes) is 5. The third-order valence-corrected chi connectivity index (χ3v) is 7.54. The van der Waals surface area contributed by atoms with Gasteiger partial charge in [0, 0.05) is 24.4 Å². The molecule has 0 aliphatic carbocycles. The van der Waals surface area contributed by atoms with Gasteiger partial charge in [0.05, 0.1) is 6.04 Å². The summed E-state index contributed by atoms with van der Waals surface area (Å²) in [7, 11) is 0. The number of amides is 2. The second-order valence-electron chi connectivity index (χ2n) is 8.98. The van der Waals surface area contributed by atoms with E-state index in [4.69, 9.17) is 0 Å². The monoisotopic (exact) mass is 466 g/mol. The van der Waals surface area contributed by atoms with E-state index in [1.54, 1.807) is 22.3 Å². The number of thiophene rings is 1. The van der Waals surface area contributed by atoms with E-state index in [1.165, 1.54) is 47.3 Å². The molecule has 5 heteroatoms. The van der Waals surface area contributed by atoms with Gasteiger partial charge in [0.2, 0.25) is 11.8 Å². The number of carbonyl (C=O) groups excluding carboxylic acids is 2. The Bertz CT molecular complexity index is 935. The van der Waals surface area contributed by atoms with Crippen LogP contribution >= 0.6 is 11.3 Å². The average Bonchev–Trinajstić information content (AvgIpc) is 3.29. The fourth-order valence-electron chi connectivity index (χ4n) is 4.69. The minimum absolute atomic E-state index is 0.0123. The summed E-state index contributed by atoms with van der Waals surface area (Å²) >= 11 is 1.77. The lowest BCUT2D eigenvalue weighted by Gasteiger charge is -2.38. The smallest absolute Gasteiger partial charge is 0.243 e. The molecule has 0 bridgehead atoms. The predicted molar refractivity (Wildman–Crippen MR) is 138 cm³/mol. The van der Waals surface area contributed by atoms with Crippen molar-refractivity contribution in [1.82, 2.24) is 9.80 Å². The molecule has 0 saturated heterocycles. The predicted octanol–water partition coefficient (Wildman–Crippen LogP) is 6.30. The van der Waals surface area contributed by atoms with E-state index >= 15 is 0 Å². The molecule has 33 heavy (non-hydrogen) atoms. The van der Waals surface area contributed by atoms with Crippen molar-refractivity contribution in [2.24, 2.45) is 0 Å². The first-order valence-electron chi connectivity index (χ1n) is 12.4. The van der Waals surface area contributed by atoms with Gasteiger partial charge in [0.25, 0.3) is 0 Å². The molecule has 0 spiro atoms. The number of hydrogen-bond donors (Lipinski definition) is 0. The molecule has 4 nitrogen and oxygen atoms in total. The molecule has 3 rings (SSSR count). The van der Waals surface area contributed by atoms with Crippen LogP contribution in [0.1, 0.15) is 79.5 Å². The lowest BCUT2D eigenvalue weighted by Crippen LogP contribution is -2.47. The molecular weight excluding hydrogens is 428 g/mol. The van der Waals surface area contributed by atoms with Crippen molar-refractivity contribution < 1.29 is 9.59 Å². The molecule has 1 atom stereocenters. The SMILES string of the molecule is C=CCN(CC(=O)N1CCc2sccc2C1c1ccccc1C)C(=O)CCCCCCCC. The van der Waals surface area contributed by atoms with Gasteiger partial charge in [-0.25, -0.2) is 0 Å². The molecule has 1 aromatic carbocycles. The van der Waals surface area contributed by atoms with Crippen molar-refractivity contribution in [3.05, 3.63) is 69.9 Å². The zero-order valence-electron chi connectivity index (χ0n) is 20.2. The lowest BCUT2D eigenvalue weighted by atomic mass is 9.90. The van der Waals surface area contributed by atoms with Gasteiger partial charge in [-0.1, -0.05) is 69.4 Å². The molecule has 2 heterocycles. The number of benzene rings is 1. The highest BCUT2D eigenvalue weighted by atomic mass is 32.1. The summed E-state index contributed by atoms with van der Waals surface area (Å²) in [5, 5.41) is 2.12.